The van der Waals surface area contributed by atoms with Crippen LogP contribution in [0.15, 0.2) is 23.6 Å². The SMILES string of the molecule is CC(O)(CNC(=O)Cc1csc(-c2ccc(Cl)cc2Cl)n1)C(=O)O. The molecule has 1 atom stereocenters. The van der Waals surface area contributed by atoms with E-state index < -0.39 is 17.5 Å². The molecule has 0 aliphatic carbocycles. The Hall–Kier alpha value is -1.67. The summed E-state index contributed by atoms with van der Waals surface area (Å²) >= 11 is 13.3. The highest BCUT2D eigenvalue weighted by atomic mass is 35.5. The lowest BCUT2D eigenvalue weighted by atomic mass is 10.1. The van der Waals surface area contributed by atoms with Crippen molar-refractivity contribution >= 4 is 46.4 Å². The molecule has 1 aromatic heterocycles. The number of hydrogen-bond donors (Lipinski definition) is 3. The van der Waals surface area contributed by atoms with E-state index in [1.807, 2.05) is 0 Å². The van der Waals surface area contributed by atoms with Crippen molar-refractivity contribution in [1.82, 2.24) is 10.3 Å². The molecule has 24 heavy (non-hydrogen) atoms. The van der Waals surface area contributed by atoms with Crippen LogP contribution in [0.4, 0.5) is 0 Å². The van der Waals surface area contributed by atoms with Crippen molar-refractivity contribution in [2.24, 2.45) is 0 Å². The number of rotatable bonds is 6. The minimum absolute atomic E-state index is 0.0303. The average molecular weight is 389 g/mol. The minimum atomic E-state index is -2.01. The first-order valence-electron chi connectivity index (χ1n) is 6.81. The van der Waals surface area contributed by atoms with E-state index in [9.17, 15) is 14.7 Å². The van der Waals surface area contributed by atoms with Gasteiger partial charge in [0.15, 0.2) is 5.60 Å². The molecule has 2 rings (SSSR count). The number of aliphatic hydroxyl groups is 1. The first-order chi connectivity index (χ1) is 11.2. The molecule has 0 aliphatic rings. The predicted molar refractivity (Wildman–Crippen MR) is 92.5 cm³/mol. The molecule has 0 saturated heterocycles. The van der Waals surface area contributed by atoms with Crippen molar-refractivity contribution in [1.29, 1.82) is 0 Å². The number of benzene rings is 1. The highest BCUT2D eigenvalue weighted by Crippen LogP contribution is 2.32. The molecule has 9 heteroatoms. The van der Waals surface area contributed by atoms with Crippen LogP contribution in [0.3, 0.4) is 0 Å². The standard InChI is InChI=1S/C15H14Cl2N2O4S/c1-15(23,14(21)22)7-18-12(20)5-9-6-24-13(19-9)10-3-2-8(16)4-11(10)17/h2-4,6,23H,5,7H2,1H3,(H,18,20)(H,21,22). The molecule has 0 aliphatic heterocycles. The van der Waals surface area contributed by atoms with Gasteiger partial charge >= 0.3 is 5.97 Å². The van der Waals surface area contributed by atoms with Crippen molar-refractivity contribution in [2.75, 3.05) is 6.54 Å². The zero-order valence-electron chi connectivity index (χ0n) is 12.5. The lowest BCUT2D eigenvalue weighted by Gasteiger charge is -2.17. The number of nitrogens with one attached hydrogen (secondary N) is 1. The zero-order chi connectivity index (χ0) is 17.9. The quantitative estimate of drug-likeness (QED) is 0.705. The van der Waals surface area contributed by atoms with Crippen LogP contribution in [0.1, 0.15) is 12.6 Å². The molecular formula is C15H14Cl2N2O4S. The van der Waals surface area contributed by atoms with E-state index in [-0.39, 0.29) is 13.0 Å². The molecule has 0 spiro atoms. The average Bonchev–Trinajstić information content (AvgIpc) is 2.93. The van der Waals surface area contributed by atoms with Crippen molar-refractivity contribution in [3.63, 3.8) is 0 Å². The van der Waals surface area contributed by atoms with Gasteiger partial charge < -0.3 is 15.5 Å². The number of aliphatic carboxylic acids is 1. The van der Waals surface area contributed by atoms with E-state index in [2.05, 4.69) is 10.3 Å². The van der Waals surface area contributed by atoms with Crippen LogP contribution in [0, 0.1) is 0 Å². The van der Waals surface area contributed by atoms with Crippen molar-refractivity contribution in [3.05, 3.63) is 39.3 Å². The predicted octanol–water partition coefficient (Wildman–Crippen LogP) is 2.61. The molecule has 1 amide bonds. The van der Waals surface area contributed by atoms with Gasteiger partial charge in [-0.15, -0.1) is 11.3 Å². The van der Waals surface area contributed by atoms with Crippen LogP contribution in [0.25, 0.3) is 10.6 Å². The minimum Gasteiger partial charge on any atom is -0.479 e. The summed E-state index contributed by atoms with van der Waals surface area (Å²) in [4.78, 5) is 27.0. The Kier molecular flexibility index (Phi) is 5.82. The molecular weight excluding hydrogens is 375 g/mol. The fraction of sp³-hybridized carbons (Fsp3) is 0.267. The smallest absolute Gasteiger partial charge is 0.337 e. The molecule has 3 N–H and O–H groups in total. The van der Waals surface area contributed by atoms with Gasteiger partial charge in [-0.3, -0.25) is 4.79 Å². The number of hydrogen-bond acceptors (Lipinski definition) is 5. The molecule has 0 fully saturated rings. The normalized spacial score (nSPS) is 13.3. The molecule has 1 unspecified atom stereocenters. The second-order valence-electron chi connectivity index (χ2n) is 5.30. The van der Waals surface area contributed by atoms with Gasteiger partial charge in [0.1, 0.15) is 5.01 Å². The summed E-state index contributed by atoms with van der Waals surface area (Å²) < 4.78 is 0. The van der Waals surface area contributed by atoms with Crippen LogP contribution < -0.4 is 5.32 Å². The third-order valence-electron chi connectivity index (χ3n) is 3.15. The molecule has 0 radical (unpaired) electrons. The number of nitrogens with zero attached hydrogens (tertiary/aromatic N) is 1. The van der Waals surface area contributed by atoms with Gasteiger partial charge in [-0.1, -0.05) is 23.2 Å². The van der Waals surface area contributed by atoms with E-state index >= 15 is 0 Å². The lowest BCUT2D eigenvalue weighted by molar-refractivity contribution is -0.156. The fourth-order valence-corrected chi connectivity index (χ4v) is 3.16. The highest BCUT2D eigenvalue weighted by Gasteiger charge is 2.30. The number of amides is 1. The van der Waals surface area contributed by atoms with E-state index in [1.165, 1.54) is 11.3 Å². The summed E-state index contributed by atoms with van der Waals surface area (Å²) in [6, 6.07) is 5.06. The van der Waals surface area contributed by atoms with Gasteiger partial charge in [-0.2, -0.15) is 0 Å². The van der Waals surface area contributed by atoms with Gasteiger partial charge in [0, 0.05) is 16.0 Å². The van der Waals surface area contributed by atoms with Crippen LogP contribution in [-0.2, 0) is 16.0 Å². The maximum atomic E-state index is 11.8. The van der Waals surface area contributed by atoms with Crippen LogP contribution in [0.2, 0.25) is 10.0 Å². The number of thiazole rings is 1. The summed E-state index contributed by atoms with van der Waals surface area (Å²) in [7, 11) is 0. The Balaban J connectivity index is 2.01. The lowest BCUT2D eigenvalue weighted by Crippen LogP contribution is -2.46. The van der Waals surface area contributed by atoms with Gasteiger partial charge in [0.05, 0.1) is 23.7 Å². The Labute approximate surface area is 152 Å². The number of aromatic nitrogens is 1. The van der Waals surface area contributed by atoms with Gasteiger partial charge in [0.25, 0.3) is 0 Å². The molecule has 6 nitrogen and oxygen atoms in total. The van der Waals surface area contributed by atoms with E-state index in [4.69, 9.17) is 28.3 Å². The van der Waals surface area contributed by atoms with Gasteiger partial charge in [-0.05, 0) is 25.1 Å². The first-order valence-corrected chi connectivity index (χ1v) is 8.45. The van der Waals surface area contributed by atoms with Crippen molar-refractivity contribution in [2.45, 2.75) is 18.9 Å². The summed E-state index contributed by atoms with van der Waals surface area (Å²) in [5, 5.41) is 24.1. The fourth-order valence-electron chi connectivity index (χ4n) is 1.75. The number of carbonyl (C=O) groups is 2. The van der Waals surface area contributed by atoms with Crippen LogP contribution in [0.5, 0.6) is 0 Å². The Bertz CT molecular complexity index is 777. The number of halogens is 2. The summed E-state index contributed by atoms with van der Waals surface area (Å²) in [6.45, 7) is 0.722. The second kappa shape index (κ2) is 7.48. The van der Waals surface area contributed by atoms with Gasteiger partial charge in [-0.25, -0.2) is 9.78 Å². The van der Waals surface area contributed by atoms with Crippen LogP contribution in [-0.4, -0.2) is 39.2 Å². The number of carboxylic acid groups (broad SMARTS) is 1. The topological polar surface area (TPSA) is 99.5 Å². The van der Waals surface area contributed by atoms with E-state index in [0.29, 0.717) is 26.3 Å². The van der Waals surface area contributed by atoms with Crippen molar-refractivity contribution in [3.8, 4) is 10.6 Å². The van der Waals surface area contributed by atoms with Crippen molar-refractivity contribution < 1.29 is 19.8 Å². The first kappa shape index (κ1) is 18.7. The summed E-state index contributed by atoms with van der Waals surface area (Å²) in [6.07, 6.45) is -0.0303. The molecule has 128 valence electrons. The van der Waals surface area contributed by atoms with E-state index in [0.717, 1.165) is 6.92 Å². The molecule has 2 aromatic rings. The van der Waals surface area contributed by atoms with E-state index in [1.54, 1.807) is 23.6 Å². The highest BCUT2D eigenvalue weighted by molar-refractivity contribution is 7.13. The Morgan fingerprint density at radius 3 is 2.71 bits per heavy atom. The second-order valence-corrected chi connectivity index (χ2v) is 7.00. The Morgan fingerprint density at radius 2 is 2.08 bits per heavy atom. The number of carboxylic acids is 1. The molecule has 1 heterocycles. The Morgan fingerprint density at radius 1 is 1.38 bits per heavy atom. The summed E-state index contributed by atoms with van der Waals surface area (Å²) in [5.41, 5.74) is -0.778. The maximum Gasteiger partial charge on any atom is 0.337 e. The zero-order valence-corrected chi connectivity index (χ0v) is 14.9. The molecule has 0 saturated carbocycles. The molecule has 0 bridgehead atoms. The monoisotopic (exact) mass is 388 g/mol. The third-order valence-corrected chi connectivity index (χ3v) is 4.62. The maximum absolute atomic E-state index is 11.8. The van der Waals surface area contributed by atoms with Gasteiger partial charge in [0.2, 0.25) is 5.91 Å². The third kappa shape index (κ3) is 4.67. The van der Waals surface area contributed by atoms with Crippen LogP contribution >= 0.6 is 34.5 Å². The largest absolute Gasteiger partial charge is 0.479 e. The summed E-state index contributed by atoms with van der Waals surface area (Å²) in [5.74, 6) is -1.84. The molecule has 1 aromatic carbocycles. The number of carbonyl (C=O) groups excluding carboxylic acids is 1.